The summed E-state index contributed by atoms with van der Waals surface area (Å²) in [5.41, 5.74) is -0.688. The van der Waals surface area contributed by atoms with Gasteiger partial charge in [0.05, 0.1) is 12.2 Å². The van der Waals surface area contributed by atoms with Crippen LogP contribution in [0.2, 0.25) is 0 Å². The van der Waals surface area contributed by atoms with Crippen molar-refractivity contribution in [2.24, 2.45) is 0 Å². The van der Waals surface area contributed by atoms with Gasteiger partial charge in [-0.15, -0.1) is 0 Å². The molecule has 0 bridgehead atoms. The summed E-state index contributed by atoms with van der Waals surface area (Å²) >= 11 is 0. The molecule has 1 heterocycles. The Morgan fingerprint density at radius 3 is 2.40 bits per heavy atom. The highest BCUT2D eigenvalue weighted by atomic mass is 19.4. The van der Waals surface area contributed by atoms with E-state index in [0.717, 1.165) is 12.3 Å². The van der Waals surface area contributed by atoms with Gasteiger partial charge in [-0.3, -0.25) is 0 Å². The topological polar surface area (TPSA) is 36.4 Å². The van der Waals surface area contributed by atoms with Crippen molar-refractivity contribution >= 4 is 5.82 Å². The van der Waals surface area contributed by atoms with Crippen LogP contribution in [-0.4, -0.2) is 24.2 Å². The van der Waals surface area contributed by atoms with Crippen molar-refractivity contribution in [1.82, 2.24) is 4.98 Å². The van der Waals surface area contributed by atoms with Gasteiger partial charge in [0.2, 0.25) is 0 Å². The number of aliphatic hydroxyl groups excluding tert-OH is 1. The van der Waals surface area contributed by atoms with Gasteiger partial charge < -0.3 is 10.0 Å². The number of aliphatic hydroxyl groups is 1. The number of halogens is 3. The molecule has 0 aromatic carbocycles. The number of pyridine rings is 1. The Morgan fingerprint density at radius 2 is 2.00 bits per heavy atom. The van der Waals surface area contributed by atoms with Gasteiger partial charge in [0, 0.05) is 25.9 Å². The molecule has 1 aromatic heterocycles. The van der Waals surface area contributed by atoms with E-state index in [4.69, 9.17) is 5.11 Å². The lowest BCUT2D eigenvalue weighted by molar-refractivity contribution is -0.137. The SMILES string of the molecule is CN(C)c1ncc(C(F)(F)F)cc1CO. The van der Waals surface area contributed by atoms with E-state index in [2.05, 4.69) is 4.98 Å². The lowest BCUT2D eigenvalue weighted by Crippen LogP contribution is -2.15. The first-order chi connectivity index (χ1) is 6.86. The van der Waals surface area contributed by atoms with Crippen LogP contribution in [0.3, 0.4) is 0 Å². The molecule has 0 atom stereocenters. The molecule has 84 valence electrons. The van der Waals surface area contributed by atoms with Crippen molar-refractivity contribution in [3.63, 3.8) is 0 Å². The summed E-state index contributed by atoms with van der Waals surface area (Å²) in [5.74, 6) is 0.338. The Balaban J connectivity index is 3.19. The smallest absolute Gasteiger partial charge is 0.392 e. The maximum Gasteiger partial charge on any atom is 0.417 e. The summed E-state index contributed by atoms with van der Waals surface area (Å²) in [5, 5.41) is 8.92. The highest BCUT2D eigenvalue weighted by Crippen LogP contribution is 2.31. The molecule has 0 radical (unpaired) electrons. The van der Waals surface area contributed by atoms with Crippen molar-refractivity contribution in [1.29, 1.82) is 0 Å². The van der Waals surface area contributed by atoms with E-state index in [1.807, 2.05) is 0 Å². The quantitative estimate of drug-likeness (QED) is 0.823. The summed E-state index contributed by atoms with van der Waals surface area (Å²) in [6, 6.07) is 0.905. The fourth-order valence-electron chi connectivity index (χ4n) is 1.18. The second-order valence-electron chi connectivity index (χ2n) is 3.26. The van der Waals surface area contributed by atoms with Crippen molar-refractivity contribution in [2.75, 3.05) is 19.0 Å². The normalized spacial score (nSPS) is 11.6. The Hall–Kier alpha value is -1.30. The zero-order valence-electron chi connectivity index (χ0n) is 8.34. The number of rotatable bonds is 2. The average Bonchev–Trinajstić information content (AvgIpc) is 2.15. The minimum atomic E-state index is -4.43. The van der Waals surface area contributed by atoms with E-state index in [-0.39, 0.29) is 5.56 Å². The molecule has 0 fully saturated rings. The van der Waals surface area contributed by atoms with Gasteiger partial charge in [-0.1, -0.05) is 0 Å². The summed E-state index contributed by atoms with van der Waals surface area (Å²) in [4.78, 5) is 5.21. The maximum atomic E-state index is 12.3. The lowest BCUT2D eigenvalue weighted by Gasteiger charge is -2.16. The van der Waals surface area contributed by atoms with Crippen LogP contribution < -0.4 is 4.90 Å². The first-order valence-electron chi connectivity index (χ1n) is 4.20. The van der Waals surface area contributed by atoms with Crippen LogP contribution in [0.5, 0.6) is 0 Å². The third-order valence-corrected chi connectivity index (χ3v) is 1.86. The van der Waals surface area contributed by atoms with E-state index in [9.17, 15) is 13.2 Å². The van der Waals surface area contributed by atoms with Crippen LogP contribution in [0.1, 0.15) is 11.1 Å². The second-order valence-corrected chi connectivity index (χ2v) is 3.26. The molecule has 15 heavy (non-hydrogen) atoms. The van der Waals surface area contributed by atoms with Crippen molar-refractivity contribution in [3.8, 4) is 0 Å². The van der Waals surface area contributed by atoms with E-state index in [1.165, 1.54) is 0 Å². The fourth-order valence-corrected chi connectivity index (χ4v) is 1.18. The first-order valence-corrected chi connectivity index (χ1v) is 4.20. The van der Waals surface area contributed by atoms with Crippen LogP contribution in [-0.2, 0) is 12.8 Å². The van der Waals surface area contributed by atoms with Crippen LogP contribution in [0.4, 0.5) is 19.0 Å². The molecule has 0 saturated carbocycles. The summed E-state index contributed by atoms with van der Waals surface area (Å²) in [6.07, 6.45) is -3.67. The predicted molar refractivity (Wildman–Crippen MR) is 49.5 cm³/mol. The number of aromatic nitrogens is 1. The number of hydrogen-bond acceptors (Lipinski definition) is 3. The summed E-state index contributed by atoms with van der Waals surface area (Å²) in [7, 11) is 3.30. The van der Waals surface area contributed by atoms with Gasteiger partial charge in [-0.25, -0.2) is 4.98 Å². The molecule has 1 rings (SSSR count). The van der Waals surface area contributed by atoms with Gasteiger partial charge in [-0.05, 0) is 6.07 Å². The van der Waals surface area contributed by atoms with Gasteiger partial charge in [-0.2, -0.15) is 13.2 Å². The van der Waals surface area contributed by atoms with Crippen molar-refractivity contribution < 1.29 is 18.3 Å². The molecular formula is C9H11F3N2O. The summed E-state index contributed by atoms with van der Waals surface area (Å²) in [6.45, 7) is -0.468. The number of nitrogens with zero attached hydrogens (tertiary/aromatic N) is 2. The van der Waals surface area contributed by atoms with Gasteiger partial charge in [0.15, 0.2) is 0 Å². The first kappa shape index (κ1) is 11.8. The minimum Gasteiger partial charge on any atom is -0.392 e. The van der Waals surface area contributed by atoms with Gasteiger partial charge in [0.25, 0.3) is 0 Å². The molecule has 6 heteroatoms. The number of alkyl halides is 3. The molecule has 3 nitrogen and oxygen atoms in total. The minimum absolute atomic E-state index is 0.162. The lowest BCUT2D eigenvalue weighted by atomic mass is 10.2. The molecular weight excluding hydrogens is 209 g/mol. The molecule has 0 aliphatic heterocycles. The molecule has 0 aliphatic rings. The second kappa shape index (κ2) is 4.06. The Kier molecular flexibility index (Phi) is 3.18. The van der Waals surface area contributed by atoms with E-state index in [1.54, 1.807) is 19.0 Å². The molecule has 1 N–H and O–H groups in total. The van der Waals surface area contributed by atoms with Crippen LogP contribution >= 0.6 is 0 Å². The fraction of sp³-hybridized carbons (Fsp3) is 0.444. The van der Waals surface area contributed by atoms with Crippen LogP contribution in [0.25, 0.3) is 0 Å². The van der Waals surface area contributed by atoms with Crippen molar-refractivity contribution in [3.05, 3.63) is 23.4 Å². The highest BCUT2D eigenvalue weighted by Gasteiger charge is 2.31. The Morgan fingerprint density at radius 1 is 1.40 bits per heavy atom. The van der Waals surface area contributed by atoms with Gasteiger partial charge >= 0.3 is 6.18 Å². The largest absolute Gasteiger partial charge is 0.417 e. The van der Waals surface area contributed by atoms with Crippen LogP contribution in [0.15, 0.2) is 12.3 Å². The molecule has 0 saturated heterocycles. The molecule has 0 spiro atoms. The third kappa shape index (κ3) is 2.59. The van der Waals surface area contributed by atoms with Crippen LogP contribution in [0, 0.1) is 0 Å². The Bertz CT molecular complexity index is 350. The zero-order chi connectivity index (χ0) is 11.6. The molecule has 0 unspecified atom stereocenters. The predicted octanol–water partition coefficient (Wildman–Crippen LogP) is 1.66. The molecule has 0 aliphatic carbocycles. The van der Waals surface area contributed by atoms with Gasteiger partial charge in [0.1, 0.15) is 5.82 Å². The molecule has 1 aromatic rings. The zero-order valence-corrected chi connectivity index (χ0v) is 8.34. The third-order valence-electron chi connectivity index (χ3n) is 1.86. The Labute approximate surface area is 85.2 Å². The highest BCUT2D eigenvalue weighted by molar-refractivity contribution is 5.46. The van der Waals surface area contributed by atoms with E-state index < -0.39 is 18.3 Å². The number of hydrogen-bond donors (Lipinski definition) is 1. The monoisotopic (exact) mass is 220 g/mol. The summed E-state index contributed by atoms with van der Waals surface area (Å²) < 4.78 is 36.9. The van der Waals surface area contributed by atoms with E-state index in [0.29, 0.717) is 5.82 Å². The number of anilines is 1. The average molecular weight is 220 g/mol. The van der Waals surface area contributed by atoms with Crippen molar-refractivity contribution in [2.45, 2.75) is 12.8 Å². The van der Waals surface area contributed by atoms with E-state index >= 15 is 0 Å². The molecule has 0 amide bonds. The standard InChI is InChI=1S/C9H11F3N2O/c1-14(2)8-6(5-15)3-7(4-13-8)9(10,11)12/h3-4,15H,5H2,1-2H3. The maximum absolute atomic E-state index is 12.3.